The van der Waals surface area contributed by atoms with E-state index in [1.165, 1.54) is 11.1 Å². The van der Waals surface area contributed by atoms with Crippen LogP contribution in [0.1, 0.15) is 43.7 Å². The molecule has 8 heteroatoms. The highest BCUT2D eigenvalue weighted by atomic mass is 16.5. The maximum Gasteiger partial charge on any atom is 0.407 e. The van der Waals surface area contributed by atoms with E-state index in [0.29, 0.717) is 12.8 Å². The Morgan fingerprint density at radius 1 is 1.00 bits per heavy atom. The molecule has 1 fully saturated rings. The number of carboxylic acid groups (broad SMARTS) is 1. The van der Waals surface area contributed by atoms with Crippen LogP contribution in [0.5, 0.6) is 0 Å². The Labute approximate surface area is 198 Å². The van der Waals surface area contributed by atoms with Crippen LogP contribution in [-0.2, 0) is 19.1 Å². The molecule has 2 unspecified atom stereocenters. The molecule has 3 N–H and O–H groups in total. The molecule has 1 aliphatic carbocycles. The van der Waals surface area contributed by atoms with Crippen LogP contribution in [0.3, 0.4) is 0 Å². The van der Waals surface area contributed by atoms with Crippen molar-refractivity contribution in [2.45, 2.75) is 44.8 Å². The second-order valence-corrected chi connectivity index (χ2v) is 9.44. The van der Waals surface area contributed by atoms with Crippen LogP contribution in [0.2, 0.25) is 0 Å². The van der Waals surface area contributed by atoms with Gasteiger partial charge in [0.05, 0.1) is 11.5 Å². The number of hydrogen-bond acceptors (Lipinski definition) is 5. The van der Waals surface area contributed by atoms with E-state index in [9.17, 15) is 14.4 Å². The molecule has 2 aromatic carbocycles. The van der Waals surface area contributed by atoms with Gasteiger partial charge < -0.3 is 25.2 Å². The van der Waals surface area contributed by atoms with Crippen molar-refractivity contribution in [3.05, 3.63) is 59.7 Å². The zero-order valence-corrected chi connectivity index (χ0v) is 19.4. The Bertz CT molecular complexity index is 1040. The number of rotatable bonds is 8. The first-order chi connectivity index (χ1) is 16.3. The highest BCUT2D eigenvalue weighted by molar-refractivity contribution is 5.82. The van der Waals surface area contributed by atoms with Crippen LogP contribution in [0.15, 0.2) is 48.5 Å². The van der Waals surface area contributed by atoms with E-state index in [-0.39, 0.29) is 37.6 Å². The summed E-state index contributed by atoms with van der Waals surface area (Å²) < 4.78 is 11.3. The number of carbonyl (C=O) groups excluding carboxylic acids is 2. The molecule has 2 amide bonds. The topological polar surface area (TPSA) is 114 Å². The summed E-state index contributed by atoms with van der Waals surface area (Å²) in [7, 11) is 0. The summed E-state index contributed by atoms with van der Waals surface area (Å²) in [6.07, 6.45) is -0.357. The van der Waals surface area contributed by atoms with Crippen molar-refractivity contribution in [2.75, 3.05) is 19.7 Å². The predicted octanol–water partition coefficient (Wildman–Crippen LogP) is 3.30. The van der Waals surface area contributed by atoms with Gasteiger partial charge in [0.2, 0.25) is 5.91 Å². The molecule has 2 aromatic rings. The summed E-state index contributed by atoms with van der Waals surface area (Å²) in [5, 5.41) is 14.5. The normalized spacial score (nSPS) is 19.2. The van der Waals surface area contributed by atoms with E-state index >= 15 is 0 Å². The number of alkyl carbamates (subject to hydrolysis) is 1. The van der Waals surface area contributed by atoms with E-state index < -0.39 is 23.6 Å². The zero-order chi connectivity index (χ0) is 24.3. The summed E-state index contributed by atoms with van der Waals surface area (Å²) >= 11 is 0. The molecule has 0 saturated carbocycles. The Hall–Kier alpha value is -3.39. The molecule has 0 spiro atoms. The van der Waals surface area contributed by atoms with Crippen molar-refractivity contribution in [1.82, 2.24) is 10.6 Å². The zero-order valence-electron chi connectivity index (χ0n) is 19.4. The van der Waals surface area contributed by atoms with Crippen LogP contribution in [0, 0.1) is 5.41 Å². The molecule has 180 valence electrons. The Kier molecular flexibility index (Phi) is 6.88. The van der Waals surface area contributed by atoms with Crippen LogP contribution in [0.4, 0.5) is 4.79 Å². The lowest BCUT2D eigenvalue weighted by Gasteiger charge is -2.21. The van der Waals surface area contributed by atoms with Gasteiger partial charge >= 0.3 is 12.1 Å². The van der Waals surface area contributed by atoms with Gasteiger partial charge in [0.25, 0.3) is 0 Å². The number of aliphatic carboxylic acids is 1. The summed E-state index contributed by atoms with van der Waals surface area (Å²) in [6.45, 7) is 3.58. The average Bonchev–Trinajstić information content (AvgIpc) is 3.43. The van der Waals surface area contributed by atoms with Crippen molar-refractivity contribution in [2.24, 2.45) is 5.41 Å². The number of fused-ring (bicyclic) bond motifs is 3. The van der Waals surface area contributed by atoms with Gasteiger partial charge in [0.1, 0.15) is 12.7 Å². The standard InChI is InChI=1S/C26H30N2O6/c1-26(2,24(30)31)15-28-23(29)22-12-11-16(34-22)13-27-25(32)33-14-21-19-9-5-3-7-17(19)18-8-4-6-10-20(18)21/h3-10,16,21-22H,11-15H2,1-2H3,(H,27,32)(H,28,29)(H,30,31). The van der Waals surface area contributed by atoms with Crippen molar-refractivity contribution < 1.29 is 29.0 Å². The van der Waals surface area contributed by atoms with Gasteiger partial charge in [-0.1, -0.05) is 48.5 Å². The van der Waals surface area contributed by atoms with Gasteiger partial charge in [0, 0.05) is 19.0 Å². The average molecular weight is 467 g/mol. The van der Waals surface area contributed by atoms with Crippen molar-refractivity contribution in [3.8, 4) is 11.1 Å². The SMILES string of the molecule is CC(C)(CNC(=O)C1CCC(CNC(=O)OCC2c3ccccc3-c3ccccc32)O1)C(=O)O. The first kappa shape index (κ1) is 23.8. The summed E-state index contributed by atoms with van der Waals surface area (Å²) in [6, 6.07) is 16.3. The molecule has 1 heterocycles. The number of ether oxygens (including phenoxy) is 2. The fourth-order valence-electron chi connectivity index (χ4n) is 4.39. The highest BCUT2D eigenvalue weighted by Gasteiger charge is 2.34. The second kappa shape index (κ2) is 9.85. The second-order valence-electron chi connectivity index (χ2n) is 9.44. The summed E-state index contributed by atoms with van der Waals surface area (Å²) in [5.74, 6) is -1.33. The van der Waals surface area contributed by atoms with Gasteiger partial charge in [-0.3, -0.25) is 9.59 Å². The predicted molar refractivity (Wildman–Crippen MR) is 125 cm³/mol. The van der Waals surface area contributed by atoms with Crippen molar-refractivity contribution in [1.29, 1.82) is 0 Å². The third-order valence-corrected chi connectivity index (χ3v) is 6.50. The lowest BCUT2D eigenvalue weighted by molar-refractivity contribution is -0.147. The summed E-state index contributed by atoms with van der Waals surface area (Å²) in [4.78, 5) is 35.8. The van der Waals surface area contributed by atoms with Crippen LogP contribution < -0.4 is 10.6 Å². The monoisotopic (exact) mass is 466 g/mol. The third kappa shape index (κ3) is 5.07. The van der Waals surface area contributed by atoms with E-state index in [4.69, 9.17) is 14.6 Å². The van der Waals surface area contributed by atoms with E-state index in [0.717, 1.165) is 11.1 Å². The maximum absolute atomic E-state index is 12.3. The number of amides is 2. The van der Waals surface area contributed by atoms with Crippen LogP contribution in [-0.4, -0.2) is 55.0 Å². The smallest absolute Gasteiger partial charge is 0.407 e. The molecular weight excluding hydrogens is 436 g/mol. The molecular formula is C26H30N2O6. The van der Waals surface area contributed by atoms with Gasteiger partial charge in [-0.15, -0.1) is 0 Å². The lowest BCUT2D eigenvalue weighted by Crippen LogP contribution is -2.43. The molecule has 0 radical (unpaired) electrons. The fourth-order valence-corrected chi connectivity index (χ4v) is 4.39. The van der Waals surface area contributed by atoms with Crippen molar-refractivity contribution in [3.63, 3.8) is 0 Å². The number of benzene rings is 2. The molecule has 0 aromatic heterocycles. The van der Waals surface area contributed by atoms with E-state index in [1.807, 2.05) is 24.3 Å². The molecule has 2 atom stereocenters. The van der Waals surface area contributed by atoms with Crippen LogP contribution >= 0.6 is 0 Å². The number of carboxylic acids is 1. The molecule has 1 saturated heterocycles. The van der Waals surface area contributed by atoms with Gasteiger partial charge in [-0.2, -0.15) is 0 Å². The first-order valence-corrected chi connectivity index (χ1v) is 11.5. The molecule has 4 rings (SSSR count). The number of hydrogen-bond donors (Lipinski definition) is 3. The highest BCUT2D eigenvalue weighted by Crippen LogP contribution is 2.44. The lowest BCUT2D eigenvalue weighted by atomic mass is 9.94. The Morgan fingerprint density at radius 3 is 2.24 bits per heavy atom. The third-order valence-electron chi connectivity index (χ3n) is 6.50. The molecule has 2 aliphatic rings. The van der Waals surface area contributed by atoms with E-state index in [2.05, 4.69) is 34.9 Å². The minimum absolute atomic E-state index is 0.0102. The van der Waals surface area contributed by atoms with Crippen LogP contribution in [0.25, 0.3) is 11.1 Å². The van der Waals surface area contributed by atoms with Gasteiger partial charge in [-0.05, 0) is 48.9 Å². The molecule has 34 heavy (non-hydrogen) atoms. The Balaban J connectivity index is 1.23. The summed E-state index contributed by atoms with van der Waals surface area (Å²) in [5.41, 5.74) is 3.58. The molecule has 0 bridgehead atoms. The molecule has 1 aliphatic heterocycles. The number of carbonyl (C=O) groups is 3. The minimum Gasteiger partial charge on any atom is -0.481 e. The fraction of sp³-hybridized carbons (Fsp3) is 0.423. The maximum atomic E-state index is 12.3. The largest absolute Gasteiger partial charge is 0.481 e. The van der Waals surface area contributed by atoms with Gasteiger partial charge in [0.15, 0.2) is 0 Å². The van der Waals surface area contributed by atoms with E-state index in [1.54, 1.807) is 13.8 Å². The van der Waals surface area contributed by atoms with Crippen molar-refractivity contribution >= 4 is 18.0 Å². The number of nitrogens with one attached hydrogen (secondary N) is 2. The Morgan fingerprint density at radius 2 is 1.62 bits per heavy atom. The first-order valence-electron chi connectivity index (χ1n) is 11.5. The molecule has 8 nitrogen and oxygen atoms in total. The minimum atomic E-state index is -1.06. The van der Waals surface area contributed by atoms with Gasteiger partial charge in [-0.25, -0.2) is 4.79 Å². The quantitative estimate of drug-likeness (QED) is 0.550.